The van der Waals surface area contributed by atoms with Crippen LogP contribution in [0.1, 0.15) is 36.0 Å². The van der Waals surface area contributed by atoms with E-state index in [1.165, 1.54) is 5.56 Å². The number of aryl methyl sites for hydroxylation is 1. The number of aliphatic hydroxyl groups is 1. The predicted octanol–water partition coefficient (Wildman–Crippen LogP) is 4.08. The summed E-state index contributed by atoms with van der Waals surface area (Å²) in [4.78, 5) is 17.6. The number of likely N-dealkylation sites (N-methyl/N-ethyl adjacent to an activating group) is 1. The number of rotatable bonds is 6. The normalized spacial score (nSPS) is 22.9. The third-order valence-corrected chi connectivity index (χ3v) is 7.27. The zero-order valence-electron chi connectivity index (χ0n) is 19.1. The molecule has 3 aromatic rings. The highest BCUT2D eigenvalue weighted by Gasteiger charge is 2.50. The number of carbonyl (C=O) groups excluding carboxylic acids is 1. The minimum atomic E-state index is -1.75. The molecule has 2 heterocycles. The van der Waals surface area contributed by atoms with E-state index in [1.54, 1.807) is 0 Å². The number of pyridine rings is 1. The maximum absolute atomic E-state index is 13.5. The van der Waals surface area contributed by atoms with Gasteiger partial charge < -0.3 is 14.3 Å². The maximum atomic E-state index is 13.5. The molecule has 1 N–H and O–H groups in total. The summed E-state index contributed by atoms with van der Waals surface area (Å²) < 4.78 is 6.92. The van der Waals surface area contributed by atoms with Crippen molar-refractivity contribution in [3.63, 3.8) is 0 Å². The first-order valence-electron chi connectivity index (χ1n) is 11.8. The fourth-order valence-corrected chi connectivity index (χ4v) is 5.56. The first-order valence-corrected chi connectivity index (χ1v) is 11.8. The van der Waals surface area contributed by atoms with E-state index < -0.39 is 11.6 Å². The lowest BCUT2D eigenvalue weighted by atomic mass is 9.91. The molecule has 5 nitrogen and oxygen atoms in total. The number of nitrogens with zero attached hydrogens (tertiary/aromatic N) is 2. The number of aromatic nitrogens is 1. The van der Waals surface area contributed by atoms with Crippen LogP contribution >= 0.6 is 0 Å². The maximum Gasteiger partial charge on any atom is 0.348 e. The van der Waals surface area contributed by atoms with Crippen LogP contribution in [0.2, 0.25) is 0 Å². The van der Waals surface area contributed by atoms with Crippen LogP contribution in [0.3, 0.4) is 0 Å². The Hall–Kier alpha value is -3.02. The van der Waals surface area contributed by atoms with Crippen molar-refractivity contribution in [1.82, 2.24) is 4.98 Å². The van der Waals surface area contributed by atoms with Crippen LogP contribution in [0.15, 0.2) is 73.1 Å². The minimum absolute atomic E-state index is 0.193. The van der Waals surface area contributed by atoms with Crippen LogP contribution in [0.5, 0.6) is 0 Å². The van der Waals surface area contributed by atoms with Crippen molar-refractivity contribution >= 4 is 5.97 Å². The number of likely N-dealkylation sites (tertiary alicyclic amines) is 1. The van der Waals surface area contributed by atoms with Gasteiger partial charge in [0.15, 0.2) is 6.10 Å². The first kappa shape index (κ1) is 21.8. The summed E-state index contributed by atoms with van der Waals surface area (Å²) in [5, 5.41) is 11.7. The fourth-order valence-electron chi connectivity index (χ4n) is 5.56. The number of carbonyl (C=O) groups is 1. The van der Waals surface area contributed by atoms with Gasteiger partial charge in [-0.3, -0.25) is 4.98 Å². The molecule has 2 atom stereocenters. The van der Waals surface area contributed by atoms with Crippen LogP contribution in [0.25, 0.3) is 11.1 Å². The lowest BCUT2D eigenvalue weighted by molar-refractivity contribution is -0.917. The van der Waals surface area contributed by atoms with Gasteiger partial charge in [-0.05, 0) is 41.7 Å². The molecule has 0 bridgehead atoms. The highest BCUT2D eigenvalue weighted by molar-refractivity contribution is 5.96. The summed E-state index contributed by atoms with van der Waals surface area (Å²) in [5.41, 5.74) is 2.57. The van der Waals surface area contributed by atoms with E-state index in [2.05, 4.69) is 24.2 Å². The molecule has 0 radical (unpaired) electrons. The molecule has 2 aliphatic rings. The molecule has 0 saturated carbocycles. The summed E-state index contributed by atoms with van der Waals surface area (Å²) in [7, 11) is 2.25. The van der Waals surface area contributed by atoms with E-state index in [-0.39, 0.29) is 6.10 Å². The molecule has 1 unspecified atom stereocenters. The van der Waals surface area contributed by atoms with Gasteiger partial charge in [0.05, 0.1) is 20.1 Å². The van der Waals surface area contributed by atoms with Gasteiger partial charge in [0, 0.05) is 36.4 Å². The molecular weight excluding hydrogens is 412 g/mol. The van der Waals surface area contributed by atoms with Crippen LogP contribution in [-0.2, 0) is 21.6 Å². The molecule has 170 valence electrons. The van der Waals surface area contributed by atoms with Crippen molar-refractivity contribution in [2.45, 2.75) is 37.4 Å². The van der Waals surface area contributed by atoms with Crippen molar-refractivity contribution in [2.75, 3.05) is 26.7 Å². The van der Waals surface area contributed by atoms with E-state index in [0.717, 1.165) is 60.9 Å². The number of ether oxygens (including phenoxy) is 1. The largest absolute Gasteiger partial charge is 0.454 e. The Bertz CT molecular complexity index is 1100. The SMILES string of the molecule is C[N+]1(CCCc2ccncc2)CCC[C@@H](OC(=O)C2(O)c3ccccc3-c3ccccc32)C1. The average Bonchev–Trinajstić information content (AvgIpc) is 3.10. The van der Waals surface area contributed by atoms with Gasteiger partial charge in [-0.2, -0.15) is 0 Å². The number of hydrogen-bond donors (Lipinski definition) is 1. The molecule has 1 saturated heterocycles. The Balaban J connectivity index is 1.29. The van der Waals surface area contributed by atoms with Crippen molar-refractivity contribution in [3.05, 3.63) is 89.7 Å². The van der Waals surface area contributed by atoms with Crippen molar-refractivity contribution < 1.29 is 19.1 Å². The first-order chi connectivity index (χ1) is 16.0. The quantitative estimate of drug-likeness (QED) is 0.461. The van der Waals surface area contributed by atoms with E-state index >= 15 is 0 Å². The molecule has 1 aliphatic heterocycles. The van der Waals surface area contributed by atoms with Gasteiger partial charge in [-0.1, -0.05) is 48.5 Å². The monoisotopic (exact) mass is 443 g/mol. The van der Waals surface area contributed by atoms with Crippen LogP contribution < -0.4 is 0 Å². The third-order valence-electron chi connectivity index (χ3n) is 7.27. The second-order valence-corrected chi connectivity index (χ2v) is 9.68. The fraction of sp³-hybridized carbons (Fsp3) is 0.357. The van der Waals surface area contributed by atoms with Crippen LogP contribution in [-0.4, -0.2) is 53.3 Å². The molecule has 1 aromatic heterocycles. The summed E-state index contributed by atoms with van der Waals surface area (Å²) in [6.45, 7) is 2.90. The van der Waals surface area contributed by atoms with Gasteiger partial charge in [-0.25, -0.2) is 4.79 Å². The standard InChI is InChI=1S/C28H31N2O3/c1-30(18-6-8-21-14-16-29-17-15-21)19-7-9-22(20-30)33-27(31)28(32)25-12-4-2-10-23(25)24-11-3-5-13-26(24)28/h2-5,10-17,22,32H,6-9,18-20H2,1H3/q+1/t22-,30?/m1/s1. The van der Waals surface area contributed by atoms with E-state index in [9.17, 15) is 9.90 Å². The molecule has 33 heavy (non-hydrogen) atoms. The Labute approximate surface area is 195 Å². The molecule has 5 heteroatoms. The van der Waals surface area contributed by atoms with Crippen molar-refractivity contribution in [2.24, 2.45) is 0 Å². The molecule has 1 aliphatic carbocycles. The number of esters is 1. The zero-order chi connectivity index (χ0) is 22.9. The molecule has 2 aromatic carbocycles. The minimum Gasteiger partial charge on any atom is -0.454 e. The Morgan fingerprint density at radius 1 is 1.06 bits per heavy atom. The smallest absolute Gasteiger partial charge is 0.348 e. The van der Waals surface area contributed by atoms with Gasteiger partial charge >= 0.3 is 5.97 Å². The molecular formula is C28H31N2O3+. The second-order valence-electron chi connectivity index (χ2n) is 9.68. The molecule has 0 spiro atoms. The van der Waals surface area contributed by atoms with Gasteiger partial charge in [0.1, 0.15) is 6.54 Å². The predicted molar refractivity (Wildman–Crippen MR) is 127 cm³/mol. The van der Waals surface area contributed by atoms with E-state index in [0.29, 0.717) is 11.1 Å². The number of hydrogen-bond acceptors (Lipinski definition) is 4. The van der Waals surface area contributed by atoms with Crippen LogP contribution in [0.4, 0.5) is 0 Å². The Kier molecular flexibility index (Phi) is 5.77. The zero-order valence-corrected chi connectivity index (χ0v) is 19.1. The van der Waals surface area contributed by atoms with Gasteiger partial charge in [0.2, 0.25) is 5.60 Å². The molecule has 0 amide bonds. The lowest BCUT2D eigenvalue weighted by Gasteiger charge is -2.41. The second kappa shape index (κ2) is 8.73. The Morgan fingerprint density at radius 2 is 1.70 bits per heavy atom. The number of benzene rings is 2. The van der Waals surface area contributed by atoms with Gasteiger partial charge in [-0.15, -0.1) is 0 Å². The summed E-state index contributed by atoms with van der Waals surface area (Å²) in [5.74, 6) is -0.560. The topological polar surface area (TPSA) is 59.4 Å². The lowest BCUT2D eigenvalue weighted by Crippen LogP contribution is -2.55. The third kappa shape index (κ3) is 4.07. The van der Waals surface area contributed by atoms with E-state index in [1.807, 2.05) is 60.9 Å². The number of piperidine rings is 1. The summed E-state index contributed by atoms with van der Waals surface area (Å²) in [6, 6.07) is 19.3. The highest BCUT2D eigenvalue weighted by Crippen LogP contribution is 2.48. The van der Waals surface area contributed by atoms with E-state index in [4.69, 9.17) is 4.74 Å². The van der Waals surface area contributed by atoms with Crippen molar-refractivity contribution in [1.29, 1.82) is 0 Å². The highest BCUT2D eigenvalue weighted by atomic mass is 16.6. The van der Waals surface area contributed by atoms with Gasteiger partial charge in [0.25, 0.3) is 0 Å². The molecule has 5 rings (SSSR count). The van der Waals surface area contributed by atoms with Crippen molar-refractivity contribution in [3.8, 4) is 11.1 Å². The average molecular weight is 444 g/mol. The number of quaternary nitrogens is 1. The molecule has 1 fully saturated rings. The summed E-state index contributed by atoms with van der Waals surface area (Å²) in [6.07, 6.45) is 7.43. The van der Waals surface area contributed by atoms with Crippen LogP contribution in [0, 0.1) is 0 Å². The summed E-state index contributed by atoms with van der Waals surface area (Å²) >= 11 is 0. The Morgan fingerprint density at radius 3 is 2.36 bits per heavy atom. The number of fused-ring (bicyclic) bond motifs is 3.